The Labute approximate surface area is 256 Å². The van der Waals surface area contributed by atoms with E-state index in [9.17, 15) is 28.8 Å². The van der Waals surface area contributed by atoms with E-state index >= 15 is 0 Å². The standard InChI is InChI=1S/C31H53N5O7/c1-12-14-21(23(37)26(39)32-16-13-2)34-25(38)22-20(18(3)4)15-17-36(22)27(40)24(30(6,7)8)35-29(42)33-19(5)28(41)43-31(9,10)11/h13,18-22,24H,2,12,14-17H2,1,3-11H3,(H,32,39)(H,34,38)(H2,33,35,42)/t19-,20?,21?,22-,24+/m0/s1. The fraction of sp³-hybridized carbons (Fsp3) is 0.742. The second kappa shape index (κ2) is 15.9. The molecule has 0 saturated carbocycles. The Morgan fingerprint density at radius 3 is 2.07 bits per heavy atom. The van der Waals surface area contributed by atoms with Crippen LogP contribution in [0.4, 0.5) is 4.79 Å². The number of rotatable bonds is 13. The molecule has 0 aromatic rings. The van der Waals surface area contributed by atoms with Crippen LogP contribution in [-0.2, 0) is 28.7 Å². The smallest absolute Gasteiger partial charge is 0.328 e. The summed E-state index contributed by atoms with van der Waals surface area (Å²) in [6.45, 7) is 21.7. The summed E-state index contributed by atoms with van der Waals surface area (Å²) in [5.41, 5.74) is -1.49. The van der Waals surface area contributed by atoms with Gasteiger partial charge in [0.05, 0.1) is 6.04 Å². The average molecular weight is 608 g/mol. The van der Waals surface area contributed by atoms with E-state index in [1.165, 1.54) is 17.9 Å². The summed E-state index contributed by atoms with van der Waals surface area (Å²) in [4.78, 5) is 79.8. The van der Waals surface area contributed by atoms with E-state index in [0.29, 0.717) is 12.8 Å². The minimum atomic E-state index is -1.05. The number of nitrogens with one attached hydrogen (secondary N) is 4. The van der Waals surface area contributed by atoms with Gasteiger partial charge < -0.3 is 30.9 Å². The third-order valence-corrected chi connectivity index (χ3v) is 7.19. The van der Waals surface area contributed by atoms with Gasteiger partial charge in [0, 0.05) is 13.1 Å². The quantitative estimate of drug-likeness (QED) is 0.142. The van der Waals surface area contributed by atoms with Gasteiger partial charge in [0.2, 0.25) is 17.6 Å². The number of hydrogen-bond donors (Lipinski definition) is 4. The Kier molecular flexibility index (Phi) is 13.9. The minimum absolute atomic E-state index is 0.0313. The maximum absolute atomic E-state index is 14.1. The van der Waals surface area contributed by atoms with Crippen molar-refractivity contribution in [1.29, 1.82) is 0 Å². The van der Waals surface area contributed by atoms with Crippen LogP contribution in [0.15, 0.2) is 12.7 Å². The van der Waals surface area contributed by atoms with Gasteiger partial charge >= 0.3 is 12.0 Å². The van der Waals surface area contributed by atoms with Crippen molar-refractivity contribution in [1.82, 2.24) is 26.2 Å². The third kappa shape index (κ3) is 11.3. The molecule has 1 fully saturated rings. The van der Waals surface area contributed by atoms with Crippen LogP contribution >= 0.6 is 0 Å². The van der Waals surface area contributed by atoms with E-state index in [-0.39, 0.29) is 31.3 Å². The van der Waals surface area contributed by atoms with E-state index in [1.807, 2.05) is 20.8 Å². The van der Waals surface area contributed by atoms with Gasteiger partial charge in [-0.05, 0) is 57.8 Å². The first-order chi connectivity index (χ1) is 19.7. The highest BCUT2D eigenvalue weighted by atomic mass is 16.6. The maximum Gasteiger partial charge on any atom is 0.328 e. The summed E-state index contributed by atoms with van der Waals surface area (Å²) in [5.74, 6) is -3.37. The summed E-state index contributed by atoms with van der Waals surface area (Å²) in [5, 5.41) is 10.4. The lowest BCUT2D eigenvalue weighted by atomic mass is 9.84. The molecular weight excluding hydrogens is 554 g/mol. The number of ketones is 1. The predicted octanol–water partition coefficient (Wildman–Crippen LogP) is 2.46. The molecule has 5 amide bonds. The molecule has 0 bridgehead atoms. The lowest BCUT2D eigenvalue weighted by Gasteiger charge is -2.37. The number of esters is 1. The molecule has 0 radical (unpaired) electrons. The van der Waals surface area contributed by atoms with Crippen LogP contribution < -0.4 is 21.3 Å². The monoisotopic (exact) mass is 607 g/mol. The van der Waals surface area contributed by atoms with Crippen molar-refractivity contribution in [3.05, 3.63) is 12.7 Å². The van der Waals surface area contributed by atoms with Crippen molar-refractivity contribution in [2.75, 3.05) is 13.1 Å². The lowest BCUT2D eigenvalue weighted by Crippen LogP contribution is -2.61. The highest BCUT2D eigenvalue weighted by Crippen LogP contribution is 2.33. The zero-order valence-electron chi connectivity index (χ0n) is 27.6. The molecule has 0 spiro atoms. The van der Waals surface area contributed by atoms with Crippen molar-refractivity contribution in [3.8, 4) is 0 Å². The van der Waals surface area contributed by atoms with Gasteiger partial charge in [0.15, 0.2) is 0 Å². The second-order valence-electron chi connectivity index (χ2n) is 13.6. The molecular formula is C31H53N5O7. The van der Waals surface area contributed by atoms with E-state index in [4.69, 9.17) is 4.74 Å². The number of Topliss-reactive ketones (excluding diaryl/α,β-unsaturated/α-hetero) is 1. The Morgan fingerprint density at radius 1 is 0.977 bits per heavy atom. The number of carbonyl (C=O) groups excluding carboxylic acids is 6. The Bertz CT molecular complexity index is 1040. The number of nitrogens with zero attached hydrogens (tertiary/aromatic N) is 1. The topological polar surface area (TPSA) is 163 Å². The van der Waals surface area contributed by atoms with Gasteiger partial charge in [0.1, 0.15) is 23.7 Å². The molecule has 4 N–H and O–H groups in total. The largest absolute Gasteiger partial charge is 0.458 e. The Hall–Kier alpha value is -3.44. The van der Waals surface area contributed by atoms with Crippen LogP contribution in [0.3, 0.4) is 0 Å². The summed E-state index contributed by atoms with van der Waals surface area (Å²) >= 11 is 0. The molecule has 1 saturated heterocycles. The molecule has 0 aromatic carbocycles. The molecule has 2 unspecified atom stereocenters. The van der Waals surface area contributed by atoms with Gasteiger partial charge in [-0.1, -0.05) is 54.0 Å². The van der Waals surface area contributed by atoms with Crippen LogP contribution in [0.1, 0.15) is 88.5 Å². The van der Waals surface area contributed by atoms with Crippen LogP contribution in [0.5, 0.6) is 0 Å². The fourth-order valence-corrected chi connectivity index (χ4v) is 4.96. The first-order valence-electron chi connectivity index (χ1n) is 15.1. The zero-order chi connectivity index (χ0) is 33.3. The van der Waals surface area contributed by atoms with Gasteiger partial charge in [-0.25, -0.2) is 9.59 Å². The van der Waals surface area contributed by atoms with Crippen LogP contribution in [0.25, 0.3) is 0 Å². The van der Waals surface area contributed by atoms with E-state index in [2.05, 4.69) is 27.8 Å². The van der Waals surface area contributed by atoms with Gasteiger partial charge in [0.25, 0.3) is 5.91 Å². The number of hydrogen-bond acceptors (Lipinski definition) is 7. The molecule has 0 aliphatic carbocycles. The normalized spacial score (nSPS) is 19.1. The number of urea groups is 1. The number of likely N-dealkylation sites (tertiary alicyclic amines) is 1. The molecule has 244 valence electrons. The number of amides is 5. The van der Waals surface area contributed by atoms with Crippen molar-refractivity contribution in [2.24, 2.45) is 17.3 Å². The lowest BCUT2D eigenvalue weighted by molar-refractivity contribution is -0.156. The fourth-order valence-electron chi connectivity index (χ4n) is 4.96. The molecule has 1 heterocycles. The number of carbonyl (C=O) groups is 6. The molecule has 5 atom stereocenters. The number of ether oxygens (including phenoxy) is 1. The summed E-state index contributed by atoms with van der Waals surface area (Å²) in [6.07, 6.45) is 2.79. The van der Waals surface area contributed by atoms with Crippen molar-refractivity contribution >= 4 is 35.5 Å². The maximum atomic E-state index is 14.1. The molecule has 43 heavy (non-hydrogen) atoms. The Balaban J connectivity index is 3.23. The SMILES string of the molecule is C=CCNC(=O)C(=O)C(CCC)NC(=O)[C@@H]1C(C(C)C)CCN1C(=O)[C@@H](NC(=O)N[C@@H](C)C(=O)OC(C)(C)C)C(C)(C)C. The first kappa shape index (κ1) is 37.6. The van der Waals surface area contributed by atoms with E-state index in [1.54, 1.807) is 41.5 Å². The predicted molar refractivity (Wildman–Crippen MR) is 164 cm³/mol. The molecule has 12 nitrogen and oxygen atoms in total. The van der Waals surface area contributed by atoms with E-state index in [0.717, 1.165) is 0 Å². The van der Waals surface area contributed by atoms with Crippen molar-refractivity contribution in [3.63, 3.8) is 0 Å². The highest BCUT2D eigenvalue weighted by molar-refractivity contribution is 6.38. The van der Waals surface area contributed by atoms with Crippen LogP contribution in [0.2, 0.25) is 0 Å². The Morgan fingerprint density at radius 2 is 1.58 bits per heavy atom. The molecule has 1 rings (SSSR count). The van der Waals surface area contributed by atoms with Crippen LogP contribution in [0, 0.1) is 17.3 Å². The average Bonchev–Trinajstić information content (AvgIpc) is 3.33. The molecule has 0 aromatic heterocycles. The summed E-state index contributed by atoms with van der Waals surface area (Å²) in [6, 6.07) is -4.71. The van der Waals surface area contributed by atoms with Crippen molar-refractivity contribution in [2.45, 2.75) is 118 Å². The first-order valence-corrected chi connectivity index (χ1v) is 15.1. The van der Waals surface area contributed by atoms with Gasteiger partial charge in [-0.2, -0.15) is 0 Å². The van der Waals surface area contributed by atoms with Gasteiger partial charge in [-0.15, -0.1) is 6.58 Å². The van der Waals surface area contributed by atoms with Gasteiger partial charge in [-0.3, -0.25) is 19.2 Å². The third-order valence-electron chi connectivity index (χ3n) is 7.19. The summed E-state index contributed by atoms with van der Waals surface area (Å²) in [7, 11) is 0. The van der Waals surface area contributed by atoms with Crippen molar-refractivity contribution < 1.29 is 33.5 Å². The van der Waals surface area contributed by atoms with Crippen LogP contribution in [-0.4, -0.2) is 83.3 Å². The summed E-state index contributed by atoms with van der Waals surface area (Å²) < 4.78 is 5.32. The molecule has 1 aliphatic rings. The highest BCUT2D eigenvalue weighted by Gasteiger charge is 2.47. The molecule has 12 heteroatoms. The zero-order valence-corrected chi connectivity index (χ0v) is 27.6. The minimum Gasteiger partial charge on any atom is -0.458 e. The second-order valence-corrected chi connectivity index (χ2v) is 13.6. The molecule has 1 aliphatic heterocycles. The van der Waals surface area contributed by atoms with E-state index < -0.39 is 70.7 Å².